The maximum atomic E-state index is 12.5. The van der Waals surface area contributed by atoms with Gasteiger partial charge in [-0.05, 0) is 24.3 Å². The number of hydrogen-bond donors (Lipinski definition) is 1. The molecule has 0 aliphatic heterocycles. The zero-order valence-electron chi connectivity index (χ0n) is 14.2. The minimum absolute atomic E-state index is 0.253. The maximum absolute atomic E-state index is 12.5. The summed E-state index contributed by atoms with van der Waals surface area (Å²) < 4.78 is 7.62. The third-order valence-corrected chi connectivity index (χ3v) is 3.80. The Hall–Kier alpha value is -3.66. The Kier molecular flexibility index (Phi) is 5.25. The van der Waals surface area contributed by atoms with Crippen molar-refractivity contribution in [2.45, 2.75) is 6.42 Å². The van der Waals surface area contributed by atoms with Crippen LogP contribution in [0.4, 0.5) is 0 Å². The zero-order chi connectivity index (χ0) is 18.4. The Balaban J connectivity index is 1.71. The van der Waals surface area contributed by atoms with Crippen LogP contribution in [0.25, 0.3) is 0 Å². The van der Waals surface area contributed by atoms with E-state index in [9.17, 15) is 10.1 Å². The van der Waals surface area contributed by atoms with Gasteiger partial charge in [-0.15, -0.1) is 10.2 Å². The normalized spacial score (nSPS) is 10.2. The largest absolute Gasteiger partial charge is 0.455 e. The van der Waals surface area contributed by atoms with Gasteiger partial charge in [-0.2, -0.15) is 5.26 Å². The molecule has 3 aromatic rings. The molecule has 0 aliphatic rings. The summed E-state index contributed by atoms with van der Waals surface area (Å²) in [5, 5.41) is 19.8. The summed E-state index contributed by atoms with van der Waals surface area (Å²) in [4.78, 5) is 12.5. The average molecular weight is 347 g/mol. The molecule has 1 heterocycles. The van der Waals surface area contributed by atoms with Crippen molar-refractivity contribution in [1.29, 1.82) is 5.26 Å². The Labute approximate surface area is 150 Å². The van der Waals surface area contributed by atoms with Gasteiger partial charge in [0.25, 0.3) is 5.91 Å². The SMILES string of the molecule is Cn1cnnc1CCNC(=O)c1ccccc1Oc1ccccc1C#N. The van der Waals surface area contributed by atoms with Crippen molar-refractivity contribution < 1.29 is 9.53 Å². The first-order valence-electron chi connectivity index (χ1n) is 8.06. The number of carbonyl (C=O) groups is 1. The summed E-state index contributed by atoms with van der Waals surface area (Å²) in [5.41, 5.74) is 0.809. The van der Waals surface area contributed by atoms with E-state index in [0.29, 0.717) is 35.6 Å². The molecule has 0 fully saturated rings. The predicted molar refractivity (Wildman–Crippen MR) is 94.7 cm³/mol. The fraction of sp³-hybridized carbons (Fsp3) is 0.158. The van der Waals surface area contributed by atoms with Gasteiger partial charge in [0.05, 0.1) is 11.1 Å². The number of benzene rings is 2. The van der Waals surface area contributed by atoms with Crippen molar-refractivity contribution in [2.75, 3.05) is 6.54 Å². The molecule has 1 aromatic heterocycles. The van der Waals surface area contributed by atoms with Crippen LogP contribution in [0.1, 0.15) is 21.7 Å². The van der Waals surface area contributed by atoms with Crippen molar-refractivity contribution in [1.82, 2.24) is 20.1 Å². The summed E-state index contributed by atoms with van der Waals surface area (Å²) in [7, 11) is 1.85. The van der Waals surface area contributed by atoms with Crippen LogP contribution in [0.15, 0.2) is 54.9 Å². The van der Waals surface area contributed by atoms with Crippen LogP contribution in [0.3, 0.4) is 0 Å². The lowest BCUT2D eigenvalue weighted by Gasteiger charge is -2.12. The quantitative estimate of drug-likeness (QED) is 0.739. The molecule has 0 saturated heterocycles. The fourth-order valence-electron chi connectivity index (χ4n) is 2.43. The number of amides is 1. The van der Waals surface area contributed by atoms with Gasteiger partial charge in [0.2, 0.25) is 0 Å². The van der Waals surface area contributed by atoms with Crippen molar-refractivity contribution in [3.05, 3.63) is 71.8 Å². The van der Waals surface area contributed by atoms with Gasteiger partial charge in [0.1, 0.15) is 29.7 Å². The van der Waals surface area contributed by atoms with Gasteiger partial charge in [0.15, 0.2) is 0 Å². The lowest BCUT2D eigenvalue weighted by atomic mass is 10.1. The topological polar surface area (TPSA) is 92.8 Å². The van der Waals surface area contributed by atoms with Crippen LogP contribution < -0.4 is 10.1 Å². The number of nitrogens with one attached hydrogen (secondary N) is 1. The van der Waals surface area contributed by atoms with Gasteiger partial charge in [0, 0.05) is 20.0 Å². The van der Waals surface area contributed by atoms with E-state index in [1.807, 2.05) is 11.6 Å². The smallest absolute Gasteiger partial charge is 0.255 e. The Morgan fingerprint density at radius 1 is 1.19 bits per heavy atom. The molecule has 3 rings (SSSR count). The van der Waals surface area contributed by atoms with Gasteiger partial charge >= 0.3 is 0 Å². The standard InChI is InChI=1S/C19H17N5O2/c1-24-13-22-23-18(24)10-11-21-19(25)15-7-3-5-9-17(15)26-16-8-4-2-6-14(16)12-20/h2-9,13H,10-11H2,1H3,(H,21,25). The molecule has 7 nitrogen and oxygen atoms in total. The van der Waals surface area contributed by atoms with E-state index >= 15 is 0 Å². The summed E-state index contributed by atoms with van der Waals surface area (Å²) in [6, 6.07) is 15.9. The number of rotatable bonds is 6. The van der Waals surface area contributed by atoms with E-state index < -0.39 is 0 Å². The Morgan fingerprint density at radius 3 is 2.65 bits per heavy atom. The van der Waals surface area contributed by atoms with Crippen LogP contribution in [0, 0.1) is 11.3 Å². The first kappa shape index (κ1) is 17.2. The molecule has 0 unspecified atom stereocenters. The highest BCUT2D eigenvalue weighted by Crippen LogP contribution is 2.27. The van der Waals surface area contributed by atoms with Crippen molar-refractivity contribution >= 4 is 5.91 Å². The summed E-state index contributed by atoms with van der Waals surface area (Å²) in [5.74, 6) is 1.34. The molecule has 1 N–H and O–H groups in total. The van der Waals surface area contributed by atoms with Gasteiger partial charge in [-0.1, -0.05) is 24.3 Å². The minimum atomic E-state index is -0.253. The van der Waals surface area contributed by atoms with Crippen LogP contribution in [-0.2, 0) is 13.5 Å². The minimum Gasteiger partial charge on any atom is -0.455 e. The second kappa shape index (κ2) is 7.94. The number of ether oxygens (including phenoxy) is 1. The summed E-state index contributed by atoms with van der Waals surface area (Å²) in [6.45, 7) is 0.425. The van der Waals surface area contributed by atoms with Crippen molar-refractivity contribution in [3.63, 3.8) is 0 Å². The molecule has 0 atom stereocenters. The Morgan fingerprint density at radius 2 is 1.92 bits per heavy atom. The number of aryl methyl sites for hydroxylation is 1. The van der Waals surface area contributed by atoms with Gasteiger partial charge in [-0.25, -0.2) is 0 Å². The molecule has 2 aromatic carbocycles. The first-order chi connectivity index (χ1) is 12.7. The molecule has 0 aliphatic carbocycles. The molecule has 7 heteroatoms. The van der Waals surface area contributed by atoms with Crippen LogP contribution in [-0.4, -0.2) is 27.2 Å². The first-order valence-corrected chi connectivity index (χ1v) is 8.06. The van der Waals surface area contributed by atoms with Crippen LogP contribution in [0.5, 0.6) is 11.5 Å². The number of hydrogen-bond acceptors (Lipinski definition) is 5. The molecular weight excluding hydrogens is 330 g/mol. The van der Waals surface area contributed by atoms with Gasteiger partial charge < -0.3 is 14.6 Å². The second-order valence-corrected chi connectivity index (χ2v) is 5.57. The van der Waals surface area contributed by atoms with E-state index in [4.69, 9.17) is 4.74 Å². The second-order valence-electron chi connectivity index (χ2n) is 5.57. The molecular formula is C19H17N5O2. The third-order valence-electron chi connectivity index (χ3n) is 3.80. The van der Waals surface area contributed by atoms with E-state index in [1.165, 1.54) is 0 Å². The highest BCUT2D eigenvalue weighted by Gasteiger charge is 2.14. The van der Waals surface area contributed by atoms with E-state index in [1.54, 1.807) is 54.9 Å². The molecule has 130 valence electrons. The number of nitriles is 1. The maximum Gasteiger partial charge on any atom is 0.255 e. The Bertz CT molecular complexity index is 958. The number of carbonyl (C=O) groups excluding carboxylic acids is 1. The molecule has 1 amide bonds. The summed E-state index contributed by atoms with van der Waals surface area (Å²) >= 11 is 0. The lowest BCUT2D eigenvalue weighted by molar-refractivity contribution is 0.0951. The third kappa shape index (κ3) is 3.87. The molecule has 0 radical (unpaired) electrons. The fourth-order valence-corrected chi connectivity index (χ4v) is 2.43. The predicted octanol–water partition coefficient (Wildman–Crippen LogP) is 2.45. The molecule has 26 heavy (non-hydrogen) atoms. The van der Waals surface area contributed by atoms with Crippen molar-refractivity contribution in [2.24, 2.45) is 7.05 Å². The zero-order valence-corrected chi connectivity index (χ0v) is 14.2. The number of nitrogens with zero attached hydrogens (tertiary/aromatic N) is 4. The molecule has 0 spiro atoms. The molecule has 0 saturated carbocycles. The van der Waals surface area contributed by atoms with Crippen LogP contribution in [0.2, 0.25) is 0 Å². The van der Waals surface area contributed by atoms with E-state index in [0.717, 1.165) is 5.82 Å². The average Bonchev–Trinajstić information content (AvgIpc) is 3.07. The van der Waals surface area contributed by atoms with E-state index in [-0.39, 0.29) is 5.91 Å². The van der Waals surface area contributed by atoms with Crippen LogP contribution >= 0.6 is 0 Å². The summed E-state index contributed by atoms with van der Waals surface area (Å²) in [6.07, 6.45) is 2.19. The highest BCUT2D eigenvalue weighted by molar-refractivity contribution is 5.97. The van der Waals surface area contributed by atoms with Crippen molar-refractivity contribution in [3.8, 4) is 17.6 Å². The van der Waals surface area contributed by atoms with Gasteiger partial charge in [-0.3, -0.25) is 4.79 Å². The number of aromatic nitrogens is 3. The number of para-hydroxylation sites is 2. The van der Waals surface area contributed by atoms with E-state index in [2.05, 4.69) is 21.6 Å². The lowest BCUT2D eigenvalue weighted by Crippen LogP contribution is -2.26. The highest BCUT2D eigenvalue weighted by atomic mass is 16.5. The molecule has 0 bridgehead atoms. The monoisotopic (exact) mass is 347 g/mol.